The Hall–Kier alpha value is -0.870. The Balaban J connectivity index is 2.67. The quantitative estimate of drug-likeness (QED) is 0.693. The van der Waals surface area contributed by atoms with E-state index in [1.54, 1.807) is 6.20 Å². The van der Waals surface area contributed by atoms with E-state index in [9.17, 15) is 5.11 Å². The molecule has 1 aromatic rings. The SMILES string of the molecule is CCNCCC(C)(O)c1ccnn1CC. The van der Waals surface area contributed by atoms with Crippen molar-refractivity contribution in [1.82, 2.24) is 15.1 Å². The predicted molar refractivity (Wildman–Crippen MR) is 60.6 cm³/mol. The molecule has 1 heterocycles. The third-order valence-electron chi connectivity index (χ3n) is 2.61. The second-order valence-corrected chi connectivity index (χ2v) is 3.91. The lowest BCUT2D eigenvalue weighted by atomic mass is 9.98. The van der Waals surface area contributed by atoms with Crippen molar-refractivity contribution >= 4 is 0 Å². The van der Waals surface area contributed by atoms with Crippen LogP contribution in [0, 0.1) is 0 Å². The van der Waals surface area contributed by atoms with E-state index in [0.29, 0.717) is 6.42 Å². The van der Waals surface area contributed by atoms with Gasteiger partial charge in [0.05, 0.1) is 5.69 Å². The zero-order valence-corrected chi connectivity index (χ0v) is 9.82. The molecule has 0 aliphatic heterocycles. The molecule has 2 N–H and O–H groups in total. The minimum atomic E-state index is -0.797. The Labute approximate surface area is 91.3 Å². The topological polar surface area (TPSA) is 50.1 Å². The smallest absolute Gasteiger partial charge is 0.105 e. The summed E-state index contributed by atoms with van der Waals surface area (Å²) < 4.78 is 1.84. The number of aromatic nitrogens is 2. The summed E-state index contributed by atoms with van der Waals surface area (Å²) in [6.07, 6.45) is 2.44. The summed E-state index contributed by atoms with van der Waals surface area (Å²) in [5.41, 5.74) is 0.0946. The predicted octanol–water partition coefficient (Wildman–Crippen LogP) is 1.11. The van der Waals surface area contributed by atoms with E-state index in [1.807, 2.05) is 24.6 Å². The number of aryl methyl sites for hydroxylation is 1. The molecule has 0 aromatic carbocycles. The van der Waals surface area contributed by atoms with Gasteiger partial charge in [0.1, 0.15) is 5.60 Å². The van der Waals surface area contributed by atoms with Crippen molar-refractivity contribution in [3.8, 4) is 0 Å². The molecule has 4 heteroatoms. The molecule has 0 saturated heterocycles. The molecular formula is C11H21N3O. The highest BCUT2D eigenvalue weighted by molar-refractivity contribution is 5.10. The van der Waals surface area contributed by atoms with Gasteiger partial charge in [0.15, 0.2) is 0 Å². The molecule has 0 aliphatic carbocycles. The fourth-order valence-electron chi connectivity index (χ4n) is 1.68. The van der Waals surface area contributed by atoms with Crippen molar-refractivity contribution in [3.63, 3.8) is 0 Å². The summed E-state index contributed by atoms with van der Waals surface area (Å²) in [4.78, 5) is 0. The van der Waals surface area contributed by atoms with Crippen LogP contribution in [0.5, 0.6) is 0 Å². The fourth-order valence-corrected chi connectivity index (χ4v) is 1.68. The van der Waals surface area contributed by atoms with E-state index in [4.69, 9.17) is 0 Å². The van der Waals surface area contributed by atoms with Crippen molar-refractivity contribution in [1.29, 1.82) is 0 Å². The first kappa shape index (κ1) is 12.2. The van der Waals surface area contributed by atoms with Gasteiger partial charge >= 0.3 is 0 Å². The summed E-state index contributed by atoms with van der Waals surface area (Å²) in [6.45, 7) is 8.47. The summed E-state index contributed by atoms with van der Waals surface area (Å²) in [6, 6.07) is 1.88. The number of nitrogens with one attached hydrogen (secondary N) is 1. The molecule has 1 rings (SSSR count). The van der Waals surface area contributed by atoms with Crippen LogP contribution in [-0.4, -0.2) is 28.0 Å². The number of hydrogen-bond donors (Lipinski definition) is 2. The normalized spacial score (nSPS) is 15.2. The van der Waals surface area contributed by atoms with Gasteiger partial charge < -0.3 is 10.4 Å². The van der Waals surface area contributed by atoms with E-state index in [-0.39, 0.29) is 0 Å². The lowest BCUT2D eigenvalue weighted by Crippen LogP contribution is -2.30. The van der Waals surface area contributed by atoms with Crippen molar-refractivity contribution in [2.45, 2.75) is 39.3 Å². The third kappa shape index (κ3) is 3.04. The molecule has 4 nitrogen and oxygen atoms in total. The first-order chi connectivity index (χ1) is 7.11. The van der Waals surface area contributed by atoms with Crippen molar-refractivity contribution < 1.29 is 5.11 Å². The highest BCUT2D eigenvalue weighted by Crippen LogP contribution is 2.23. The number of rotatable bonds is 6. The highest BCUT2D eigenvalue weighted by Gasteiger charge is 2.25. The minimum Gasteiger partial charge on any atom is -0.384 e. The molecule has 0 fully saturated rings. The molecule has 0 amide bonds. The second-order valence-electron chi connectivity index (χ2n) is 3.91. The molecule has 0 saturated carbocycles. The minimum absolute atomic E-state index is 0.701. The van der Waals surface area contributed by atoms with Crippen LogP contribution in [0.3, 0.4) is 0 Å². The maximum Gasteiger partial charge on any atom is 0.105 e. The van der Waals surface area contributed by atoms with Crippen molar-refractivity contribution in [2.24, 2.45) is 0 Å². The Kier molecular flexibility index (Phi) is 4.29. The van der Waals surface area contributed by atoms with Crippen LogP contribution in [0.2, 0.25) is 0 Å². The fraction of sp³-hybridized carbons (Fsp3) is 0.727. The summed E-state index contributed by atoms with van der Waals surface area (Å²) in [5, 5.41) is 17.7. The second kappa shape index (κ2) is 5.28. The van der Waals surface area contributed by atoms with Crippen molar-refractivity contribution in [3.05, 3.63) is 18.0 Å². The van der Waals surface area contributed by atoms with Gasteiger partial charge in [-0.1, -0.05) is 6.92 Å². The first-order valence-corrected chi connectivity index (χ1v) is 5.57. The van der Waals surface area contributed by atoms with Gasteiger partial charge in [0.2, 0.25) is 0 Å². The molecule has 1 aromatic heterocycles. The Morgan fingerprint density at radius 3 is 2.87 bits per heavy atom. The van der Waals surface area contributed by atoms with Crippen LogP contribution in [0.4, 0.5) is 0 Å². The molecule has 0 bridgehead atoms. The van der Waals surface area contributed by atoms with E-state index >= 15 is 0 Å². The van der Waals surface area contributed by atoms with E-state index < -0.39 is 5.60 Å². The van der Waals surface area contributed by atoms with Crippen LogP contribution in [0.1, 0.15) is 32.9 Å². The zero-order valence-electron chi connectivity index (χ0n) is 9.82. The van der Waals surface area contributed by atoms with E-state index in [1.165, 1.54) is 0 Å². The third-order valence-corrected chi connectivity index (χ3v) is 2.61. The van der Waals surface area contributed by atoms with Crippen LogP contribution in [0.15, 0.2) is 12.3 Å². The lowest BCUT2D eigenvalue weighted by molar-refractivity contribution is 0.0389. The highest BCUT2D eigenvalue weighted by atomic mass is 16.3. The molecular weight excluding hydrogens is 190 g/mol. The molecule has 1 atom stereocenters. The lowest BCUT2D eigenvalue weighted by Gasteiger charge is -2.24. The Morgan fingerprint density at radius 2 is 2.27 bits per heavy atom. The molecule has 0 radical (unpaired) electrons. The summed E-state index contributed by atoms with van der Waals surface area (Å²) in [7, 11) is 0. The summed E-state index contributed by atoms with van der Waals surface area (Å²) >= 11 is 0. The molecule has 0 spiro atoms. The summed E-state index contributed by atoms with van der Waals surface area (Å²) in [5.74, 6) is 0. The van der Waals surface area contributed by atoms with Gasteiger partial charge in [-0.05, 0) is 39.4 Å². The van der Waals surface area contributed by atoms with Crippen LogP contribution in [0.25, 0.3) is 0 Å². The first-order valence-electron chi connectivity index (χ1n) is 5.57. The Morgan fingerprint density at radius 1 is 1.53 bits per heavy atom. The average molecular weight is 211 g/mol. The van der Waals surface area contributed by atoms with Gasteiger partial charge in [-0.25, -0.2) is 0 Å². The van der Waals surface area contributed by atoms with Gasteiger partial charge in [-0.3, -0.25) is 4.68 Å². The van der Waals surface area contributed by atoms with E-state index in [0.717, 1.165) is 25.3 Å². The number of hydrogen-bond acceptors (Lipinski definition) is 3. The maximum absolute atomic E-state index is 10.3. The van der Waals surface area contributed by atoms with Crippen LogP contribution in [-0.2, 0) is 12.1 Å². The van der Waals surface area contributed by atoms with Gasteiger partial charge in [-0.2, -0.15) is 5.10 Å². The average Bonchev–Trinajstić information content (AvgIpc) is 2.66. The standard InChI is InChI=1S/C11H21N3O/c1-4-12-9-7-11(3,15)10-6-8-13-14(10)5-2/h6,8,12,15H,4-5,7,9H2,1-3H3. The molecule has 15 heavy (non-hydrogen) atoms. The van der Waals surface area contributed by atoms with E-state index in [2.05, 4.69) is 17.3 Å². The van der Waals surface area contributed by atoms with Crippen LogP contribution >= 0.6 is 0 Å². The van der Waals surface area contributed by atoms with Gasteiger partial charge in [0.25, 0.3) is 0 Å². The van der Waals surface area contributed by atoms with Gasteiger partial charge in [0, 0.05) is 12.7 Å². The van der Waals surface area contributed by atoms with Gasteiger partial charge in [-0.15, -0.1) is 0 Å². The molecule has 1 unspecified atom stereocenters. The molecule has 0 aliphatic rings. The van der Waals surface area contributed by atoms with Crippen molar-refractivity contribution in [2.75, 3.05) is 13.1 Å². The van der Waals surface area contributed by atoms with Crippen LogP contribution < -0.4 is 5.32 Å². The zero-order chi connectivity index (χ0) is 11.3. The monoisotopic (exact) mass is 211 g/mol. The Bertz CT molecular complexity index is 294. The number of nitrogens with zero attached hydrogens (tertiary/aromatic N) is 2. The number of aliphatic hydroxyl groups is 1. The molecule has 86 valence electrons. The maximum atomic E-state index is 10.3. The largest absolute Gasteiger partial charge is 0.384 e.